The maximum Gasteiger partial charge on any atom is 0.227 e. The highest BCUT2D eigenvalue weighted by atomic mass is 16.3. The Morgan fingerprint density at radius 3 is 2.00 bits per heavy atom. The molecule has 12 rings (SSSR count). The molecule has 7 aromatic carbocycles. The minimum atomic E-state index is -0.291. The lowest BCUT2D eigenvalue weighted by Gasteiger charge is -2.42. The van der Waals surface area contributed by atoms with Crippen LogP contribution in [0.2, 0.25) is 0 Å². The lowest BCUT2D eigenvalue weighted by molar-refractivity contribution is 0.332. The predicted molar refractivity (Wildman–Crippen MR) is 284 cm³/mol. The largest absolute Gasteiger partial charge is 0.436 e. The van der Waals surface area contributed by atoms with Crippen LogP contribution in [0.25, 0.3) is 72.3 Å². The molecule has 0 spiro atoms. The summed E-state index contributed by atoms with van der Waals surface area (Å²) in [4.78, 5) is 5.14. The molecule has 1 N–H and O–H groups in total. The van der Waals surface area contributed by atoms with Crippen molar-refractivity contribution in [1.29, 1.82) is 0 Å². The summed E-state index contributed by atoms with van der Waals surface area (Å²) in [6.45, 7) is 28.6. The van der Waals surface area contributed by atoms with Crippen LogP contribution >= 0.6 is 0 Å². The van der Waals surface area contributed by atoms with Crippen molar-refractivity contribution in [2.24, 2.45) is 0 Å². The van der Waals surface area contributed by atoms with E-state index >= 15 is 0 Å². The molecule has 0 saturated carbocycles. The van der Waals surface area contributed by atoms with Crippen LogP contribution < -0.4 is 16.2 Å². The Morgan fingerprint density at radius 2 is 1.30 bits per heavy atom. The highest BCUT2D eigenvalue weighted by Gasteiger charge is 2.44. The highest BCUT2D eigenvalue weighted by Crippen LogP contribution is 2.58. The van der Waals surface area contributed by atoms with Crippen molar-refractivity contribution in [3.05, 3.63) is 155 Å². The molecule has 1 aliphatic heterocycles. The van der Waals surface area contributed by atoms with Gasteiger partial charge in [0.2, 0.25) is 5.89 Å². The number of nitrogens with one attached hydrogen (secondary N) is 1. The van der Waals surface area contributed by atoms with Gasteiger partial charge in [-0.1, -0.05) is 149 Å². The monoisotopic (exact) mass is 874 g/mol. The molecule has 0 amide bonds. The predicted octanol–water partition coefficient (Wildman–Crippen LogP) is 15.2. The Morgan fingerprint density at radius 1 is 0.642 bits per heavy atom. The number of oxazole rings is 1. The third kappa shape index (κ3) is 6.22. The minimum absolute atomic E-state index is 0.0311. The first-order valence-corrected chi connectivity index (χ1v) is 24.4. The standard InChI is InChI=1S/C62H61BN3O/c1-58(2,3)36-22-25-38(26-23-36)64-46-27-24-37(59(4,5)6)30-40(46)52-51-39-20-16-17-21-42(39)62(11,12)54(51)53-41-31-43-44(61(9,10)29-28-60(43,7)8)32-48(41)66-49-34-50-47(33-45(49)63-55(52)56(53)66)65-57(67-50)35-18-14-13-15-19-35/h13-27,30-34,64H,28-29H2,1-12H3. The third-order valence-electron chi connectivity index (χ3n) is 16.0. The Labute approximate surface area is 397 Å². The van der Waals surface area contributed by atoms with Crippen LogP contribution in [0.4, 0.5) is 11.4 Å². The van der Waals surface area contributed by atoms with Crippen LogP contribution in [-0.4, -0.2) is 16.8 Å². The second-order valence-electron chi connectivity index (χ2n) is 23.8. The van der Waals surface area contributed by atoms with Gasteiger partial charge in [0.25, 0.3) is 0 Å². The Hall–Kier alpha value is -6.33. The summed E-state index contributed by atoms with van der Waals surface area (Å²) in [6.07, 6.45) is 2.31. The van der Waals surface area contributed by atoms with Crippen LogP contribution in [0.5, 0.6) is 0 Å². The van der Waals surface area contributed by atoms with Crippen LogP contribution in [0.3, 0.4) is 0 Å². The third-order valence-corrected chi connectivity index (χ3v) is 16.0. The molecule has 2 aliphatic carbocycles. The maximum absolute atomic E-state index is 6.68. The zero-order valence-electron chi connectivity index (χ0n) is 41.3. The van der Waals surface area contributed by atoms with Gasteiger partial charge in [-0.15, -0.1) is 0 Å². The van der Waals surface area contributed by atoms with Crippen LogP contribution in [-0.2, 0) is 27.1 Å². The lowest BCUT2D eigenvalue weighted by Crippen LogP contribution is -2.38. The molecule has 9 aromatic rings. The van der Waals surface area contributed by atoms with Gasteiger partial charge in [-0.3, -0.25) is 0 Å². The average molecular weight is 875 g/mol. The summed E-state index contributed by atoms with van der Waals surface area (Å²) in [7, 11) is 2.48. The number of hydrogen-bond acceptors (Lipinski definition) is 3. The van der Waals surface area contributed by atoms with Crippen molar-refractivity contribution in [3.8, 4) is 39.4 Å². The van der Waals surface area contributed by atoms with Crippen molar-refractivity contribution in [2.75, 3.05) is 5.32 Å². The van der Waals surface area contributed by atoms with Crippen LogP contribution in [0, 0.1) is 0 Å². The molecule has 0 saturated heterocycles. The quantitative estimate of drug-likeness (QED) is 0.179. The number of nitrogens with zero attached hydrogens (tertiary/aromatic N) is 2. The average Bonchev–Trinajstić information content (AvgIpc) is 3.93. The lowest BCUT2D eigenvalue weighted by atomic mass is 9.57. The molecule has 2 aromatic heterocycles. The first-order valence-electron chi connectivity index (χ1n) is 24.4. The van der Waals surface area contributed by atoms with Gasteiger partial charge in [-0.2, -0.15) is 0 Å². The molecule has 0 bridgehead atoms. The van der Waals surface area contributed by atoms with Gasteiger partial charge < -0.3 is 14.3 Å². The van der Waals surface area contributed by atoms with E-state index in [1.165, 1.54) is 82.9 Å². The molecule has 5 heteroatoms. The van der Waals surface area contributed by atoms with E-state index in [9.17, 15) is 0 Å². The summed E-state index contributed by atoms with van der Waals surface area (Å²) < 4.78 is 9.30. The van der Waals surface area contributed by atoms with Gasteiger partial charge in [-0.05, 0) is 145 Å². The number of anilines is 2. The molecule has 3 aliphatic rings. The summed E-state index contributed by atoms with van der Waals surface area (Å²) >= 11 is 0. The van der Waals surface area contributed by atoms with E-state index < -0.39 is 0 Å². The van der Waals surface area contributed by atoms with E-state index in [-0.39, 0.29) is 27.1 Å². The molecule has 1 radical (unpaired) electrons. The number of hydrogen-bond donors (Lipinski definition) is 1. The molecule has 0 unspecified atom stereocenters. The molecule has 3 heterocycles. The summed E-state index contributed by atoms with van der Waals surface area (Å²) in [5, 5.41) is 6.68. The van der Waals surface area contributed by atoms with E-state index in [1.54, 1.807) is 0 Å². The van der Waals surface area contributed by atoms with Crippen molar-refractivity contribution in [1.82, 2.24) is 9.55 Å². The second kappa shape index (κ2) is 13.9. The Balaban J connectivity index is 1.24. The zero-order valence-corrected chi connectivity index (χ0v) is 41.3. The number of rotatable bonds is 4. The molecule has 0 atom stereocenters. The van der Waals surface area contributed by atoms with Gasteiger partial charge in [-0.25, -0.2) is 4.98 Å². The molecule has 333 valence electrons. The van der Waals surface area contributed by atoms with Gasteiger partial charge in [0.1, 0.15) is 5.52 Å². The molecule has 0 fully saturated rings. The molecular weight excluding hydrogens is 814 g/mol. The number of fused-ring (bicyclic) bond motifs is 11. The van der Waals surface area contributed by atoms with Crippen molar-refractivity contribution >= 4 is 62.5 Å². The zero-order chi connectivity index (χ0) is 46.7. The number of aromatic nitrogens is 2. The van der Waals surface area contributed by atoms with Crippen molar-refractivity contribution < 1.29 is 4.42 Å². The van der Waals surface area contributed by atoms with Gasteiger partial charge in [0.15, 0.2) is 12.9 Å². The van der Waals surface area contributed by atoms with E-state index in [0.717, 1.165) is 52.0 Å². The topological polar surface area (TPSA) is 43.0 Å². The number of benzene rings is 7. The van der Waals surface area contributed by atoms with Crippen molar-refractivity contribution in [2.45, 2.75) is 123 Å². The fourth-order valence-electron chi connectivity index (χ4n) is 12.0. The normalized spacial score (nSPS) is 16.4. The first kappa shape index (κ1) is 42.1. The summed E-state index contributed by atoms with van der Waals surface area (Å²) in [5.41, 5.74) is 24.0. The Bertz CT molecular complexity index is 3550. The summed E-state index contributed by atoms with van der Waals surface area (Å²) in [6, 6.07) is 45.4. The SMILES string of the molecule is CC(C)(C)c1ccc(Nc2ccc(C(C)(C)C)cc2-c2c3c(c4c5cc6c(cc5n5c4c2[B]c2cc4nc(-c7ccccc7)oc4cc2-5)C(C)(C)CCC6(C)C)C(C)(C)c2ccccc2-3)cc1. The molecule has 4 nitrogen and oxygen atoms in total. The van der Waals surface area contributed by atoms with E-state index in [0.29, 0.717) is 5.89 Å². The molecular formula is C62H61BN3O. The van der Waals surface area contributed by atoms with Crippen LogP contribution in [0.15, 0.2) is 126 Å². The second-order valence-corrected chi connectivity index (χ2v) is 23.8. The minimum Gasteiger partial charge on any atom is -0.436 e. The fraction of sp³-hybridized carbons (Fsp3) is 0.306. The van der Waals surface area contributed by atoms with E-state index in [4.69, 9.17) is 9.40 Å². The van der Waals surface area contributed by atoms with E-state index in [1.807, 2.05) is 18.2 Å². The molecule has 67 heavy (non-hydrogen) atoms. The van der Waals surface area contributed by atoms with Crippen LogP contribution in [0.1, 0.15) is 129 Å². The van der Waals surface area contributed by atoms with Gasteiger partial charge in [0.05, 0.1) is 5.52 Å². The Kier molecular flexibility index (Phi) is 8.71. The fourth-order valence-corrected chi connectivity index (χ4v) is 12.0. The van der Waals surface area contributed by atoms with Crippen molar-refractivity contribution in [3.63, 3.8) is 0 Å². The highest BCUT2D eigenvalue weighted by molar-refractivity contribution is 6.74. The van der Waals surface area contributed by atoms with E-state index in [2.05, 4.69) is 203 Å². The maximum atomic E-state index is 6.68. The summed E-state index contributed by atoms with van der Waals surface area (Å²) in [5.74, 6) is 0.638. The smallest absolute Gasteiger partial charge is 0.227 e. The first-order chi connectivity index (χ1) is 31.7. The van der Waals surface area contributed by atoms with Gasteiger partial charge >= 0.3 is 0 Å². The van der Waals surface area contributed by atoms with Gasteiger partial charge in [0, 0.05) is 56.0 Å².